The molecule has 2 aliphatic rings. The minimum Gasteiger partial charge on any atom is -0.290 e. The van der Waals surface area contributed by atoms with E-state index < -0.39 is 0 Å². The molecule has 0 amide bonds. The lowest BCUT2D eigenvalue weighted by atomic mass is 9.75. The molecule has 2 nitrogen and oxygen atoms in total. The number of thioether (sulfide) groups is 1. The summed E-state index contributed by atoms with van der Waals surface area (Å²) in [5, 5.41) is 1.13. The van der Waals surface area contributed by atoms with Crippen LogP contribution < -0.4 is 0 Å². The van der Waals surface area contributed by atoms with Gasteiger partial charge in [-0.25, -0.2) is 0 Å². The smallest absolute Gasteiger partial charge is 0.178 e. The summed E-state index contributed by atoms with van der Waals surface area (Å²) < 4.78 is 0. The molecule has 0 saturated heterocycles. The average Bonchev–Trinajstić information content (AvgIpc) is 2.52. The van der Waals surface area contributed by atoms with Crippen LogP contribution in [0.25, 0.3) is 0 Å². The molecule has 0 fully saturated rings. The van der Waals surface area contributed by atoms with E-state index in [9.17, 15) is 4.79 Å². The first-order chi connectivity index (χ1) is 10.5. The fourth-order valence-corrected chi connectivity index (χ4v) is 4.14. The predicted molar refractivity (Wildman–Crippen MR) is 94.2 cm³/mol. The Hall–Kier alpha value is -1.61. The summed E-state index contributed by atoms with van der Waals surface area (Å²) in [6.07, 6.45) is 9.52. The van der Waals surface area contributed by atoms with Crippen LogP contribution in [-0.4, -0.2) is 16.4 Å². The molecule has 0 aromatic heterocycles. The van der Waals surface area contributed by atoms with E-state index in [0.717, 1.165) is 23.6 Å². The molecule has 0 saturated carbocycles. The Morgan fingerprint density at radius 1 is 1.09 bits per heavy atom. The van der Waals surface area contributed by atoms with Gasteiger partial charge in [0.1, 0.15) is 0 Å². The van der Waals surface area contributed by atoms with Crippen molar-refractivity contribution < 1.29 is 4.79 Å². The van der Waals surface area contributed by atoms with Crippen molar-refractivity contribution in [3.8, 4) is 0 Å². The van der Waals surface area contributed by atoms with Crippen LogP contribution in [0.2, 0.25) is 0 Å². The van der Waals surface area contributed by atoms with Crippen molar-refractivity contribution in [1.82, 2.24) is 0 Å². The van der Waals surface area contributed by atoms with Crippen LogP contribution in [0, 0.1) is 5.41 Å². The standard InChI is InChI=1S/C19H21NOS/c1-18(2)12-13-19(10-8-16(21)9-11-19)17(20-18)22-14-15-6-4-3-5-7-15/h3-11H,12-14H2,1-2H3. The molecule has 1 aromatic rings. The van der Waals surface area contributed by atoms with Crippen LogP contribution in [-0.2, 0) is 10.5 Å². The van der Waals surface area contributed by atoms with Crippen LogP contribution in [0.1, 0.15) is 32.3 Å². The first-order valence-electron chi connectivity index (χ1n) is 7.69. The van der Waals surface area contributed by atoms with Crippen LogP contribution in [0.3, 0.4) is 0 Å². The van der Waals surface area contributed by atoms with Gasteiger partial charge in [0, 0.05) is 5.75 Å². The van der Waals surface area contributed by atoms with Crippen molar-refractivity contribution in [3.63, 3.8) is 0 Å². The van der Waals surface area contributed by atoms with E-state index >= 15 is 0 Å². The van der Waals surface area contributed by atoms with Crippen molar-refractivity contribution in [2.24, 2.45) is 10.4 Å². The SMILES string of the molecule is CC1(C)CCC2(C=CC(=O)C=C2)C(SCc2ccccc2)=N1. The monoisotopic (exact) mass is 311 g/mol. The Bertz CT molecular complexity index is 639. The Morgan fingerprint density at radius 3 is 2.45 bits per heavy atom. The Labute approximate surface area is 136 Å². The van der Waals surface area contributed by atoms with Crippen LogP contribution in [0.15, 0.2) is 59.6 Å². The number of hydrogen-bond donors (Lipinski definition) is 0. The first-order valence-corrected chi connectivity index (χ1v) is 8.67. The summed E-state index contributed by atoms with van der Waals surface area (Å²) in [7, 11) is 0. The maximum Gasteiger partial charge on any atom is 0.178 e. The van der Waals surface area contributed by atoms with E-state index in [-0.39, 0.29) is 16.7 Å². The van der Waals surface area contributed by atoms with Crippen LogP contribution in [0.5, 0.6) is 0 Å². The van der Waals surface area contributed by atoms with Gasteiger partial charge in [0.05, 0.1) is 16.0 Å². The highest BCUT2D eigenvalue weighted by atomic mass is 32.2. The normalized spacial score (nSPS) is 21.9. The van der Waals surface area contributed by atoms with Gasteiger partial charge in [-0.1, -0.05) is 42.5 Å². The lowest BCUT2D eigenvalue weighted by molar-refractivity contribution is -0.110. The molecule has 1 aliphatic carbocycles. The van der Waals surface area contributed by atoms with Gasteiger partial charge in [0.2, 0.25) is 0 Å². The van der Waals surface area contributed by atoms with E-state index in [1.165, 1.54) is 5.56 Å². The number of aliphatic imine (C=N–C) groups is 1. The van der Waals surface area contributed by atoms with Crippen LogP contribution >= 0.6 is 11.8 Å². The number of ketones is 1. The van der Waals surface area contributed by atoms with Gasteiger partial charge in [-0.3, -0.25) is 9.79 Å². The summed E-state index contributed by atoms with van der Waals surface area (Å²) in [4.78, 5) is 16.5. The van der Waals surface area contributed by atoms with Crippen molar-refractivity contribution in [2.45, 2.75) is 38.0 Å². The summed E-state index contributed by atoms with van der Waals surface area (Å²) in [5.41, 5.74) is 1.10. The molecule has 22 heavy (non-hydrogen) atoms. The Balaban J connectivity index is 1.86. The molecule has 1 heterocycles. The largest absolute Gasteiger partial charge is 0.290 e. The lowest BCUT2D eigenvalue weighted by Crippen LogP contribution is -2.37. The summed E-state index contributed by atoms with van der Waals surface area (Å²) in [6, 6.07) is 10.5. The van der Waals surface area contributed by atoms with E-state index in [1.54, 1.807) is 23.9 Å². The zero-order chi connectivity index (χ0) is 15.6. The van der Waals surface area contributed by atoms with Crippen molar-refractivity contribution in [2.75, 3.05) is 0 Å². The zero-order valence-electron chi connectivity index (χ0n) is 13.1. The highest BCUT2D eigenvalue weighted by Gasteiger charge is 2.39. The third-order valence-corrected chi connectivity index (χ3v) is 5.48. The quantitative estimate of drug-likeness (QED) is 0.800. The predicted octanol–water partition coefficient (Wildman–Crippen LogP) is 4.57. The van der Waals surface area contributed by atoms with E-state index in [2.05, 4.69) is 38.1 Å². The van der Waals surface area contributed by atoms with Gasteiger partial charge in [-0.05, 0) is 44.4 Å². The number of carbonyl (C=O) groups excluding carboxylic acids is 1. The maximum absolute atomic E-state index is 11.5. The molecule has 1 aliphatic heterocycles. The van der Waals surface area contributed by atoms with Gasteiger partial charge in [-0.2, -0.15) is 0 Å². The molecule has 0 bridgehead atoms. The van der Waals surface area contributed by atoms with E-state index in [1.807, 2.05) is 18.2 Å². The molecular weight excluding hydrogens is 290 g/mol. The highest BCUT2D eigenvalue weighted by molar-refractivity contribution is 8.13. The van der Waals surface area contributed by atoms with Crippen molar-refractivity contribution in [3.05, 3.63) is 60.2 Å². The molecule has 114 valence electrons. The zero-order valence-corrected chi connectivity index (χ0v) is 13.9. The number of rotatable bonds is 2. The first kappa shape index (κ1) is 15.3. The molecular formula is C19H21NOS. The second-order valence-corrected chi connectivity index (χ2v) is 7.58. The van der Waals surface area contributed by atoms with Crippen LogP contribution in [0.4, 0.5) is 0 Å². The van der Waals surface area contributed by atoms with Crippen molar-refractivity contribution in [1.29, 1.82) is 0 Å². The van der Waals surface area contributed by atoms with E-state index in [0.29, 0.717) is 0 Å². The molecule has 0 N–H and O–H groups in total. The minimum absolute atomic E-state index is 0.0204. The number of carbonyl (C=O) groups is 1. The number of nitrogens with zero attached hydrogens (tertiary/aromatic N) is 1. The van der Waals surface area contributed by atoms with Gasteiger partial charge in [0.25, 0.3) is 0 Å². The van der Waals surface area contributed by atoms with Gasteiger partial charge in [0.15, 0.2) is 5.78 Å². The van der Waals surface area contributed by atoms with Gasteiger partial charge < -0.3 is 0 Å². The molecule has 3 rings (SSSR count). The molecule has 0 atom stereocenters. The number of hydrogen-bond acceptors (Lipinski definition) is 3. The topological polar surface area (TPSA) is 29.4 Å². The molecule has 1 spiro atoms. The fraction of sp³-hybridized carbons (Fsp3) is 0.368. The number of benzene rings is 1. The molecule has 0 unspecified atom stereocenters. The van der Waals surface area contributed by atoms with Crippen molar-refractivity contribution >= 4 is 22.6 Å². The minimum atomic E-state index is -0.178. The second kappa shape index (κ2) is 5.88. The lowest BCUT2D eigenvalue weighted by Gasteiger charge is -2.39. The summed E-state index contributed by atoms with van der Waals surface area (Å²) in [6.45, 7) is 4.37. The third-order valence-electron chi connectivity index (χ3n) is 4.26. The Kier molecular flexibility index (Phi) is 4.09. The highest BCUT2D eigenvalue weighted by Crippen LogP contribution is 2.44. The third kappa shape index (κ3) is 3.25. The average molecular weight is 311 g/mol. The second-order valence-electron chi connectivity index (χ2n) is 6.61. The maximum atomic E-state index is 11.5. The molecule has 0 radical (unpaired) electrons. The Morgan fingerprint density at radius 2 is 1.77 bits per heavy atom. The van der Waals surface area contributed by atoms with E-state index in [4.69, 9.17) is 4.99 Å². The molecule has 1 aromatic carbocycles. The number of allylic oxidation sites excluding steroid dienone is 4. The fourth-order valence-electron chi connectivity index (χ4n) is 2.83. The van der Waals surface area contributed by atoms with Gasteiger partial charge >= 0.3 is 0 Å². The summed E-state index contributed by atoms with van der Waals surface area (Å²) in [5.74, 6) is 0.982. The molecule has 3 heteroatoms. The summed E-state index contributed by atoms with van der Waals surface area (Å²) >= 11 is 1.80. The van der Waals surface area contributed by atoms with Gasteiger partial charge in [-0.15, -0.1) is 11.8 Å².